The van der Waals surface area contributed by atoms with Gasteiger partial charge in [-0.25, -0.2) is 0 Å². The van der Waals surface area contributed by atoms with Crippen LogP contribution in [0.15, 0.2) is 0 Å². The predicted octanol–water partition coefficient (Wildman–Crippen LogP) is 0.412. The summed E-state index contributed by atoms with van der Waals surface area (Å²) in [6.07, 6.45) is 0.856. The zero-order valence-electron chi connectivity index (χ0n) is 17.6. The van der Waals surface area contributed by atoms with E-state index >= 15 is 0 Å². The van der Waals surface area contributed by atoms with Gasteiger partial charge in [0.2, 0.25) is 11.8 Å². The first-order chi connectivity index (χ1) is 12.8. The van der Waals surface area contributed by atoms with Crippen molar-refractivity contribution in [3.8, 4) is 0 Å². The Bertz CT molecular complexity index is 574. The number of nitrogens with two attached hydrogens (primary N) is 1. The quantitative estimate of drug-likeness (QED) is 0.578. The van der Waals surface area contributed by atoms with Crippen LogP contribution in [0.1, 0.15) is 33.6 Å². The van der Waals surface area contributed by atoms with Crippen LogP contribution in [0.2, 0.25) is 0 Å². The van der Waals surface area contributed by atoms with Crippen LogP contribution >= 0.6 is 24.8 Å². The first-order valence-electron chi connectivity index (χ1n) is 10.1. The Labute approximate surface area is 186 Å². The molecule has 10 heteroatoms. The van der Waals surface area contributed by atoms with E-state index in [1.54, 1.807) is 0 Å². The zero-order chi connectivity index (χ0) is 19.7. The number of halogens is 2. The van der Waals surface area contributed by atoms with Crippen molar-refractivity contribution in [2.45, 2.75) is 51.3 Å². The molecule has 0 radical (unpaired) electrons. The number of ether oxygens (including phenoxy) is 2. The number of amides is 2. The number of carbonyl (C=O) groups excluding carboxylic acids is 2. The molecule has 2 amide bonds. The Balaban J connectivity index is 0.00000210. The Morgan fingerprint density at radius 3 is 2.52 bits per heavy atom. The van der Waals surface area contributed by atoms with Gasteiger partial charge in [-0.3, -0.25) is 14.5 Å². The summed E-state index contributed by atoms with van der Waals surface area (Å²) in [5.74, 6) is -0.0732. The van der Waals surface area contributed by atoms with Crippen molar-refractivity contribution >= 4 is 36.6 Å². The van der Waals surface area contributed by atoms with Crippen molar-refractivity contribution in [1.29, 1.82) is 0 Å². The molecule has 29 heavy (non-hydrogen) atoms. The lowest BCUT2D eigenvalue weighted by atomic mass is 9.54. The lowest BCUT2D eigenvalue weighted by Crippen LogP contribution is -2.76. The SMILES string of the molecule is CCOC1CC(N)(C(=O)NC2CC(=O)N(CCN3CCOCC3)C2)C1(C)C.Cl.Cl. The highest BCUT2D eigenvalue weighted by Gasteiger charge is 2.63. The molecule has 0 aromatic rings. The second kappa shape index (κ2) is 10.6. The fourth-order valence-corrected chi connectivity index (χ4v) is 4.31. The van der Waals surface area contributed by atoms with E-state index in [4.69, 9.17) is 15.2 Å². The Kier molecular flexibility index (Phi) is 9.64. The van der Waals surface area contributed by atoms with E-state index < -0.39 is 11.0 Å². The van der Waals surface area contributed by atoms with Gasteiger partial charge in [-0.1, -0.05) is 13.8 Å². The molecule has 3 aliphatic rings. The predicted molar refractivity (Wildman–Crippen MR) is 116 cm³/mol. The van der Waals surface area contributed by atoms with Crippen LogP contribution in [0.25, 0.3) is 0 Å². The van der Waals surface area contributed by atoms with Gasteiger partial charge in [-0.2, -0.15) is 0 Å². The van der Waals surface area contributed by atoms with Crippen molar-refractivity contribution in [2.75, 3.05) is 52.5 Å². The molecule has 170 valence electrons. The number of hydrogen-bond donors (Lipinski definition) is 2. The summed E-state index contributed by atoms with van der Waals surface area (Å²) in [7, 11) is 0. The van der Waals surface area contributed by atoms with Crippen molar-refractivity contribution < 1.29 is 19.1 Å². The number of nitrogens with zero attached hydrogens (tertiary/aromatic N) is 2. The topological polar surface area (TPSA) is 97.1 Å². The summed E-state index contributed by atoms with van der Waals surface area (Å²) in [5, 5.41) is 3.02. The first kappa shape index (κ1) is 26.4. The molecule has 0 bridgehead atoms. The van der Waals surface area contributed by atoms with E-state index in [1.165, 1.54) is 0 Å². The number of hydrogen-bond acceptors (Lipinski definition) is 6. The maximum absolute atomic E-state index is 12.8. The normalized spacial score (nSPS) is 31.4. The molecule has 1 aliphatic carbocycles. The highest BCUT2D eigenvalue weighted by molar-refractivity contribution is 5.90. The molecule has 3 N–H and O–H groups in total. The number of rotatable bonds is 7. The highest BCUT2D eigenvalue weighted by Crippen LogP contribution is 2.49. The van der Waals surface area contributed by atoms with Gasteiger partial charge in [0, 0.05) is 57.6 Å². The van der Waals surface area contributed by atoms with Crippen LogP contribution in [0.4, 0.5) is 0 Å². The smallest absolute Gasteiger partial charge is 0.241 e. The summed E-state index contributed by atoms with van der Waals surface area (Å²) in [4.78, 5) is 29.3. The Morgan fingerprint density at radius 2 is 1.93 bits per heavy atom. The largest absolute Gasteiger partial charge is 0.379 e. The number of likely N-dealkylation sites (tertiary alicyclic amines) is 1. The Hall–Kier alpha value is -0.640. The molecule has 3 atom stereocenters. The summed E-state index contributed by atoms with van der Waals surface area (Å²) < 4.78 is 11.0. The van der Waals surface area contributed by atoms with Gasteiger partial charge in [0.1, 0.15) is 5.54 Å². The third kappa shape index (κ3) is 5.35. The molecule has 3 fully saturated rings. The molecule has 8 nitrogen and oxygen atoms in total. The molecule has 2 saturated heterocycles. The summed E-state index contributed by atoms with van der Waals surface area (Å²) in [6, 6.07) is -0.169. The third-order valence-corrected chi connectivity index (χ3v) is 6.57. The second-order valence-electron chi connectivity index (χ2n) is 8.51. The molecule has 0 aromatic heterocycles. The monoisotopic (exact) mass is 454 g/mol. The van der Waals surface area contributed by atoms with Crippen molar-refractivity contribution in [2.24, 2.45) is 11.1 Å². The van der Waals surface area contributed by atoms with Crippen LogP contribution in [0, 0.1) is 5.41 Å². The van der Waals surface area contributed by atoms with E-state index in [9.17, 15) is 9.59 Å². The third-order valence-electron chi connectivity index (χ3n) is 6.57. The zero-order valence-corrected chi connectivity index (χ0v) is 19.3. The van der Waals surface area contributed by atoms with Crippen LogP contribution in [-0.4, -0.2) is 91.8 Å². The molecular weight excluding hydrogens is 419 g/mol. The molecule has 0 spiro atoms. The Morgan fingerprint density at radius 1 is 1.28 bits per heavy atom. The molecule has 1 saturated carbocycles. The minimum absolute atomic E-state index is 0. The van der Waals surface area contributed by atoms with E-state index in [2.05, 4.69) is 10.2 Å². The maximum atomic E-state index is 12.8. The van der Waals surface area contributed by atoms with Gasteiger partial charge in [-0.15, -0.1) is 24.8 Å². The lowest BCUT2D eigenvalue weighted by molar-refractivity contribution is -0.171. The summed E-state index contributed by atoms with van der Waals surface area (Å²) in [5.41, 5.74) is 5.07. The molecular formula is C19H36Cl2N4O4. The van der Waals surface area contributed by atoms with Gasteiger partial charge in [0.05, 0.1) is 25.4 Å². The number of carbonyl (C=O) groups is 2. The second-order valence-corrected chi connectivity index (χ2v) is 8.51. The molecule has 3 unspecified atom stereocenters. The van der Waals surface area contributed by atoms with Crippen molar-refractivity contribution in [3.63, 3.8) is 0 Å². The minimum atomic E-state index is -0.947. The van der Waals surface area contributed by atoms with Crippen LogP contribution < -0.4 is 11.1 Å². The standard InChI is InChI=1S/C19H34N4O4.2ClH/c1-4-27-15-12-19(20,18(15,2)3)17(25)21-14-11-16(24)23(13-14)6-5-22-7-9-26-10-8-22;;/h14-15H,4-13,20H2,1-3H3,(H,21,25);2*1H. The summed E-state index contributed by atoms with van der Waals surface area (Å²) in [6.45, 7) is 11.9. The highest BCUT2D eigenvalue weighted by atomic mass is 35.5. The van der Waals surface area contributed by atoms with Crippen LogP contribution in [-0.2, 0) is 19.1 Å². The van der Waals surface area contributed by atoms with Crippen molar-refractivity contribution in [1.82, 2.24) is 15.1 Å². The first-order valence-corrected chi connectivity index (χ1v) is 10.1. The van der Waals surface area contributed by atoms with Gasteiger partial charge in [0.25, 0.3) is 0 Å². The number of morpholine rings is 1. The fourth-order valence-electron chi connectivity index (χ4n) is 4.31. The van der Waals surface area contributed by atoms with Crippen molar-refractivity contribution in [3.05, 3.63) is 0 Å². The summed E-state index contributed by atoms with van der Waals surface area (Å²) >= 11 is 0. The van der Waals surface area contributed by atoms with Gasteiger partial charge < -0.3 is 25.4 Å². The average Bonchev–Trinajstić information content (AvgIpc) is 2.99. The van der Waals surface area contributed by atoms with E-state index in [1.807, 2.05) is 25.7 Å². The number of nitrogens with one attached hydrogen (secondary N) is 1. The molecule has 0 aromatic carbocycles. The fraction of sp³-hybridized carbons (Fsp3) is 0.895. The van der Waals surface area contributed by atoms with Gasteiger partial charge >= 0.3 is 0 Å². The lowest BCUT2D eigenvalue weighted by Gasteiger charge is -2.57. The van der Waals surface area contributed by atoms with Crippen LogP contribution in [0.5, 0.6) is 0 Å². The minimum Gasteiger partial charge on any atom is -0.379 e. The molecule has 2 heterocycles. The maximum Gasteiger partial charge on any atom is 0.241 e. The van der Waals surface area contributed by atoms with Crippen LogP contribution in [0.3, 0.4) is 0 Å². The average molecular weight is 455 g/mol. The van der Waals surface area contributed by atoms with Gasteiger partial charge in [-0.05, 0) is 6.92 Å². The van der Waals surface area contributed by atoms with E-state index in [0.717, 1.165) is 32.8 Å². The molecule has 2 aliphatic heterocycles. The van der Waals surface area contributed by atoms with E-state index in [-0.39, 0.29) is 48.8 Å². The van der Waals surface area contributed by atoms with Gasteiger partial charge in [0.15, 0.2) is 0 Å². The molecule has 3 rings (SSSR count). The van der Waals surface area contributed by atoms with E-state index in [0.29, 0.717) is 32.5 Å².